The van der Waals surface area contributed by atoms with E-state index in [-0.39, 0.29) is 11.8 Å². The largest absolute Gasteiger partial charge is 0.327 e. The second-order valence-corrected chi connectivity index (χ2v) is 6.00. The van der Waals surface area contributed by atoms with Gasteiger partial charge in [0.2, 0.25) is 0 Å². The topological polar surface area (TPSA) is 73.0 Å². The minimum absolute atomic E-state index is 0.109. The van der Waals surface area contributed by atoms with Crippen molar-refractivity contribution in [2.75, 3.05) is 12.0 Å². The molecule has 0 bridgehead atoms. The van der Waals surface area contributed by atoms with E-state index in [1.165, 1.54) is 6.26 Å². The summed E-state index contributed by atoms with van der Waals surface area (Å²) in [6, 6.07) is 3.67. The maximum atomic E-state index is 10.9. The zero-order valence-corrected chi connectivity index (χ0v) is 9.57. The third-order valence-corrected chi connectivity index (χ3v) is 3.08. The molecule has 0 aromatic carbocycles. The van der Waals surface area contributed by atoms with Gasteiger partial charge in [0.05, 0.1) is 5.75 Å². The maximum absolute atomic E-state index is 10.9. The van der Waals surface area contributed by atoms with Gasteiger partial charge in [-0.25, -0.2) is 8.42 Å². The summed E-state index contributed by atoms with van der Waals surface area (Å²) >= 11 is 0. The Bertz CT molecular complexity index is 389. The highest BCUT2D eigenvalue weighted by Gasteiger charge is 2.08. The molecule has 1 heterocycles. The zero-order chi connectivity index (χ0) is 11.3. The molecule has 1 rings (SSSR count). The Morgan fingerprint density at radius 1 is 1.40 bits per heavy atom. The maximum Gasteiger partial charge on any atom is 0.147 e. The molecule has 0 aliphatic rings. The summed E-state index contributed by atoms with van der Waals surface area (Å²) in [4.78, 5) is 3.90. The summed E-state index contributed by atoms with van der Waals surface area (Å²) < 4.78 is 21.8. The second-order valence-electron chi connectivity index (χ2n) is 3.74. The van der Waals surface area contributed by atoms with Gasteiger partial charge in [0.15, 0.2) is 0 Å². The normalized spacial score (nSPS) is 13.7. The summed E-state index contributed by atoms with van der Waals surface area (Å²) in [5.41, 5.74) is 6.92. The number of sulfone groups is 1. The Balaban J connectivity index is 2.40. The number of hydrogen-bond donors (Lipinski definition) is 1. The Hall–Kier alpha value is -0.940. The first-order valence-corrected chi connectivity index (χ1v) is 6.85. The summed E-state index contributed by atoms with van der Waals surface area (Å²) in [5.74, 6) is 0.152. The van der Waals surface area contributed by atoms with Crippen LogP contribution in [0.3, 0.4) is 0 Å². The summed E-state index contributed by atoms with van der Waals surface area (Å²) in [7, 11) is -2.90. The number of nitrogens with two attached hydrogens (primary N) is 1. The molecule has 1 unspecified atom stereocenters. The van der Waals surface area contributed by atoms with Crippen LogP contribution in [-0.2, 0) is 16.3 Å². The molecule has 0 aliphatic heterocycles. The molecule has 1 aromatic rings. The van der Waals surface area contributed by atoms with Crippen molar-refractivity contribution in [3.63, 3.8) is 0 Å². The van der Waals surface area contributed by atoms with Crippen molar-refractivity contribution in [1.29, 1.82) is 0 Å². The van der Waals surface area contributed by atoms with Crippen LogP contribution in [-0.4, -0.2) is 31.5 Å². The SMILES string of the molecule is CS(=O)(=O)CCC(N)Cc1ccncc1. The average molecular weight is 228 g/mol. The molecule has 15 heavy (non-hydrogen) atoms. The van der Waals surface area contributed by atoms with Crippen molar-refractivity contribution in [2.24, 2.45) is 5.73 Å². The van der Waals surface area contributed by atoms with E-state index in [0.29, 0.717) is 12.8 Å². The molecular weight excluding hydrogens is 212 g/mol. The quantitative estimate of drug-likeness (QED) is 0.791. The highest BCUT2D eigenvalue weighted by molar-refractivity contribution is 7.90. The lowest BCUT2D eigenvalue weighted by Gasteiger charge is -2.10. The van der Waals surface area contributed by atoms with Gasteiger partial charge in [-0.2, -0.15) is 0 Å². The lowest BCUT2D eigenvalue weighted by molar-refractivity contribution is 0.585. The monoisotopic (exact) mass is 228 g/mol. The first-order chi connectivity index (χ1) is 6.97. The van der Waals surface area contributed by atoms with Crippen LogP contribution in [0.1, 0.15) is 12.0 Å². The van der Waals surface area contributed by atoms with Gasteiger partial charge in [-0.05, 0) is 30.5 Å². The van der Waals surface area contributed by atoms with E-state index < -0.39 is 9.84 Å². The Labute approximate surface area is 90.4 Å². The standard InChI is InChI=1S/C10H16N2O2S/c1-15(13,14)7-4-10(11)8-9-2-5-12-6-3-9/h2-3,5-6,10H,4,7-8,11H2,1H3. The van der Waals surface area contributed by atoms with Gasteiger partial charge >= 0.3 is 0 Å². The third kappa shape index (κ3) is 5.49. The van der Waals surface area contributed by atoms with Crippen LogP contribution in [0, 0.1) is 0 Å². The van der Waals surface area contributed by atoms with Crippen LogP contribution in [0.25, 0.3) is 0 Å². The highest BCUT2D eigenvalue weighted by atomic mass is 32.2. The van der Waals surface area contributed by atoms with Gasteiger partial charge in [-0.15, -0.1) is 0 Å². The van der Waals surface area contributed by atoms with Crippen LogP contribution in [0.5, 0.6) is 0 Å². The fourth-order valence-corrected chi connectivity index (χ4v) is 2.02. The first-order valence-electron chi connectivity index (χ1n) is 4.79. The van der Waals surface area contributed by atoms with Crippen LogP contribution in [0.4, 0.5) is 0 Å². The summed E-state index contributed by atoms with van der Waals surface area (Å²) in [6.07, 6.45) is 5.84. The van der Waals surface area contributed by atoms with Crippen molar-refractivity contribution in [2.45, 2.75) is 18.9 Å². The van der Waals surface area contributed by atoms with Gasteiger partial charge in [0, 0.05) is 24.7 Å². The third-order valence-electron chi connectivity index (χ3n) is 2.11. The van der Waals surface area contributed by atoms with Crippen molar-refractivity contribution in [3.8, 4) is 0 Å². The zero-order valence-electron chi connectivity index (χ0n) is 8.76. The van der Waals surface area contributed by atoms with E-state index in [2.05, 4.69) is 4.98 Å². The molecule has 0 radical (unpaired) electrons. The molecule has 2 N–H and O–H groups in total. The number of aromatic nitrogens is 1. The van der Waals surface area contributed by atoms with Crippen LogP contribution in [0.15, 0.2) is 24.5 Å². The van der Waals surface area contributed by atoms with Gasteiger partial charge in [-0.3, -0.25) is 4.98 Å². The Morgan fingerprint density at radius 3 is 2.53 bits per heavy atom. The average Bonchev–Trinajstić information content (AvgIpc) is 2.15. The highest BCUT2D eigenvalue weighted by Crippen LogP contribution is 2.03. The van der Waals surface area contributed by atoms with E-state index in [1.54, 1.807) is 12.4 Å². The van der Waals surface area contributed by atoms with Crippen LogP contribution >= 0.6 is 0 Å². The lowest BCUT2D eigenvalue weighted by Crippen LogP contribution is -2.25. The Morgan fingerprint density at radius 2 is 2.00 bits per heavy atom. The molecule has 0 amide bonds. The minimum Gasteiger partial charge on any atom is -0.327 e. The van der Waals surface area contributed by atoms with E-state index in [1.807, 2.05) is 12.1 Å². The molecule has 84 valence electrons. The molecule has 4 nitrogen and oxygen atoms in total. The van der Waals surface area contributed by atoms with E-state index in [9.17, 15) is 8.42 Å². The number of rotatable bonds is 5. The van der Waals surface area contributed by atoms with E-state index in [4.69, 9.17) is 5.73 Å². The number of nitrogens with zero attached hydrogens (tertiary/aromatic N) is 1. The van der Waals surface area contributed by atoms with Crippen molar-refractivity contribution >= 4 is 9.84 Å². The second kappa shape index (κ2) is 5.23. The molecule has 0 aliphatic carbocycles. The smallest absolute Gasteiger partial charge is 0.147 e. The molecular formula is C10H16N2O2S. The number of pyridine rings is 1. The van der Waals surface area contributed by atoms with Crippen LogP contribution < -0.4 is 5.73 Å². The molecule has 1 aromatic heterocycles. The lowest BCUT2D eigenvalue weighted by atomic mass is 10.1. The molecule has 1 atom stereocenters. The summed E-state index contributed by atoms with van der Waals surface area (Å²) in [6.45, 7) is 0. The molecule has 5 heteroatoms. The summed E-state index contributed by atoms with van der Waals surface area (Å²) in [5, 5.41) is 0. The fraction of sp³-hybridized carbons (Fsp3) is 0.500. The van der Waals surface area contributed by atoms with Crippen molar-refractivity contribution in [1.82, 2.24) is 4.98 Å². The number of hydrogen-bond acceptors (Lipinski definition) is 4. The fourth-order valence-electron chi connectivity index (χ4n) is 1.29. The van der Waals surface area contributed by atoms with Crippen LogP contribution in [0.2, 0.25) is 0 Å². The molecule has 0 fully saturated rings. The van der Waals surface area contributed by atoms with Crippen molar-refractivity contribution < 1.29 is 8.42 Å². The predicted molar refractivity (Wildman–Crippen MR) is 60.2 cm³/mol. The Kier molecular flexibility index (Phi) is 4.23. The molecule has 0 saturated carbocycles. The van der Waals surface area contributed by atoms with E-state index in [0.717, 1.165) is 5.56 Å². The molecule has 0 spiro atoms. The van der Waals surface area contributed by atoms with Gasteiger partial charge in [0.25, 0.3) is 0 Å². The van der Waals surface area contributed by atoms with Gasteiger partial charge < -0.3 is 5.73 Å². The van der Waals surface area contributed by atoms with Crippen molar-refractivity contribution in [3.05, 3.63) is 30.1 Å². The van der Waals surface area contributed by atoms with Gasteiger partial charge in [-0.1, -0.05) is 0 Å². The predicted octanol–water partition coefficient (Wildman–Crippen LogP) is 0.386. The van der Waals surface area contributed by atoms with E-state index >= 15 is 0 Å². The first kappa shape index (κ1) is 12.1. The minimum atomic E-state index is -2.90. The molecule has 0 saturated heterocycles. The van der Waals surface area contributed by atoms with Gasteiger partial charge in [0.1, 0.15) is 9.84 Å².